The molecule has 0 radical (unpaired) electrons. The van der Waals surface area contributed by atoms with Crippen LogP contribution in [-0.2, 0) is 7.05 Å². The number of para-hydroxylation sites is 1. The predicted molar refractivity (Wildman–Crippen MR) is 68.7 cm³/mol. The van der Waals surface area contributed by atoms with Crippen LogP contribution in [0.2, 0.25) is 0 Å². The molecule has 0 amide bonds. The second-order valence-corrected chi connectivity index (χ2v) is 5.02. The Bertz CT molecular complexity index is 489. The van der Waals surface area contributed by atoms with E-state index in [2.05, 4.69) is 41.9 Å². The van der Waals surface area contributed by atoms with E-state index in [-0.39, 0.29) is 0 Å². The molecule has 3 rings (SSSR count). The number of benzene rings is 1. The van der Waals surface area contributed by atoms with Crippen molar-refractivity contribution in [3.05, 3.63) is 36.0 Å². The summed E-state index contributed by atoms with van der Waals surface area (Å²) in [7, 11) is 2.21. The molecule has 1 heteroatoms. The third-order valence-electron chi connectivity index (χ3n) is 4.01. The highest BCUT2D eigenvalue weighted by Crippen LogP contribution is 2.34. The van der Waals surface area contributed by atoms with E-state index in [0.29, 0.717) is 0 Å². The predicted octanol–water partition coefficient (Wildman–Crippen LogP) is 4.23. The Kier molecular flexibility index (Phi) is 2.47. The van der Waals surface area contributed by atoms with Crippen LogP contribution >= 0.6 is 0 Å². The first kappa shape index (κ1) is 9.95. The van der Waals surface area contributed by atoms with E-state index in [1.807, 2.05) is 0 Å². The van der Waals surface area contributed by atoms with Gasteiger partial charge in [-0.2, -0.15) is 0 Å². The van der Waals surface area contributed by atoms with E-state index in [0.717, 1.165) is 5.92 Å². The number of rotatable bonds is 1. The number of fused-ring (bicyclic) bond motifs is 1. The average Bonchev–Trinajstić information content (AvgIpc) is 2.69. The standard InChI is InChI=1S/C15H19N/c1-16-14-10-6-5-9-13(14)11-15(16)12-7-3-2-4-8-12/h5-6,9-12H,2-4,7-8H2,1H3. The lowest BCUT2D eigenvalue weighted by atomic mass is 9.87. The summed E-state index contributed by atoms with van der Waals surface area (Å²) >= 11 is 0. The van der Waals surface area contributed by atoms with Crippen molar-refractivity contribution in [3.63, 3.8) is 0 Å². The van der Waals surface area contributed by atoms with Crippen LogP contribution in [0.15, 0.2) is 30.3 Å². The Balaban J connectivity index is 2.05. The molecule has 16 heavy (non-hydrogen) atoms. The fraction of sp³-hybridized carbons (Fsp3) is 0.467. The molecule has 0 spiro atoms. The Morgan fingerprint density at radius 1 is 1.06 bits per heavy atom. The highest BCUT2D eigenvalue weighted by molar-refractivity contribution is 5.81. The molecule has 1 saturated carbocycles. The van der Waals surface area contributed by atoms with E-state index < -0.39 is 0 Å². The Morgan fingerprint density at radius 2 is 1.81 bits per heavy atom. The van der Waals surface area contributed by atoms with Gasteiger partial charge in [0, 0.05) is 18.3 Å². The second-order valence-electron chi connectivity index (χ2n) is 5.02. The molecule has 1 aliphatic rings. The van der Waals surface area contributed by atoms with Crippen LogP contribution in [0.5, 0.6) is 0 Å². The average molecular weight is 213 g/mol. The van der Waals surface area contributed by atoms with E-state index in [4.69, 9.17) is 0 Å². The molecule has 84 valence electrons. The minimum absolute atomic E-state index is 0.797. The minimum Gasteiger partial charge on any atom is -0.347 e. The molecule has 0 bridgehead atoms. The SMILES string of the molecule is Cn1c(C2CCCCC2)cc2ccccc21. The number of hydrogen-bond acceptors (Lipinski definition) is 0. The van der Waals surface area contributed by atoms with Gasteiger partial charge in [-0.15, -0.1) is 0 Å². The molecular weight excluding hydrogens is 194 g/mol. The zero-order chi connectivity index (χ0) is 11.0. The van der Waals surface area contributed by atoms with Crippen molar-refractivity contribution in [2.75, 3.05) is 0 Å². The summed E-state index contributed by atoms with van der Waals surface area (Å²) < 4.78 is 2.39. The molecule has 1 fully saturated rings. The zero-order valence-corrected chi connectivity index (χ0v) is 9.95. The van der Waals surface area contributed by atoms with Crippen LogP contribution in [0.25, 0.3) is 10.9 Å². The summed E-state index contributed by atoms with van der Waals surface area (Å²) in [5.74, 6) is 0.797. The third kappa shape index (κ3) is 1.55. The van der Waals surface area contributed by atoms with Gasteiger partial charge in [-0.05, 0) is 36.3 Å². The highest BCUT2D eigenvalue weighted by Gasteiger charge is 2.19. The van der Waals surface area contributed by atoms with Gasteiger partial charge in [0.25, 0.3) is 0 Å². The van der Waals surface area contributed by atoms with E-state index >= 15 is 0 Å². The molecule has 0 saturated heterocycles. The van der Waals surface area contributed by atoms with Crippen LogP contribution < -0.4 is 0 Å². The maximum absolute atomic E-state index is 2.39. The normalized spacial score (nSPS) is 18.1. The van der Waals surface area contributed by atoms with Crippen molar-refractivity contribution in [2.45, 2.75) is 38.0 Å². The van der Waals surface area contributed by atoms with Crippen molar-refractivity contribution in [2.24, 2.45) is 7.05 Å². The van der Waals surface area contributed by atoms with Gasteiger partial charge in [0.1, 0.15) is 0 Å². The Hall–Kier alpha value is -1.24. The number of aryl methyl sites for hydroxylation is 1. The molecule has 1 nitrogen and oxygen atoms in total. The maximum Gasteiger partial charge on any atom is 0.0479 e. The van der Waals surface area contributed by atoms with Crippen molar-refractivity contribution < 1.29 is 0 Å². The molecule has 0 unspecified atom stereocenters. The lowest BCUT2D eigenvalue weighted by molar-refractivity contribution is 0.430. The number of hydrogen-bond donors (Lipinski definition) is 0. The first-order valence-corrected chi connectivity index (χ1v) is 6.40. The van der Waals surface area contributed by atoms with Crippen LogP contribution in [0, 0.1) is 0 Å². The van der Waals surface area contributed by atoms with Gasteiger partial charge in [-0.25, -0.2) is 0 Å². The molecule has 1 aromatic heterocycles. The monoisotopic (exact) mass is 213 g/mol. The largest absolute Gasteiger partial charge is 0.347 e. The smallest absolute Gasteiger partial charge is 0.0479 e. The molecular formula is C15H19N. The van der Waals surface area contributed by atoms with Gasteiger partial charge in [0.15, 0.2) is 0 Å². The molecule has 1 heterocycles. The van der Waals surface area contributed by atoms with Gasteiger partial charge in [-0.1, -0.05) is 37.5 Å². The third-order valence-corrected chi connectivity index (χ3v) is 4.01. The Labute approximate surface area is 97.1 Å². The van der Waals surface area contributed by atoms with E-state index in [9.17, 15) is 0 Å². The molecule has 0 atom stereocenters. The minimum atomic E-state index is 0.797. The fourth-order valence-corrected chi connectivity index (χ4v) is 3.10. The Morgan fingerprint density at radius 3 is 2.56 bits per heavy atom. The molecule has 0 aliphatic heterocycles. The van der Waals surface area contributed by atoms with Crippen molar-refractivity contribution in [1.82, 2.24) is 4.57 Å². The van der Waals surface area contributed by atoms with Crippen LogP contribution in [0.1, 0.15) is 43.7 Å². The second kappa shape index (κ2) is 3.97. The van der Waals surface area contributed by atoms with Crippen LogP contribution in [0.4, 0.5) is 0 Å². The molecule has 1 aliphatic carbocycles. The summed E-state index contributed by atoms with van der Waals surface area (Å²) in [4.78, 5) is 0. The highest BCUT2D eigenvalue weighted by atomic mass is 14.9. The van der Waals surface area contributed by atoms with E-state index in [1.54, 1.807) is 5.69 Å². The summed E-state index contributed by atoms with van der Waals surface area (Å²) in [5, 5.41) is 1.39. The topological polar surface area (TPSA) is 4.93 Å². The zero-order valence-electron chi connectivity index (χ0n) is 9.95. The van der Waals surface area contributed by atoms with Crippen molar-refractivity contribution in [1.29, 1.82) is 0 Å². The van der Waals surface area contributed by atoms with Gasteiger partial charge in [0.05, 0.1) is 0 Å². The summed E-state index contributed by atoms with van der Waals surface area (Å²) in [6.45, 7) is 0. The first-order chi connectivity index (χ1) is 7.86. The summed E-state index contributed by atoms with van der Waals surface area (Å²) in [6.07, 6.45) is 7.01. The van der Waals surface area contributed by atoms with Crippen molar-refractivity contribution in [3.8, 4) is 0 Å². The van der Waals surface area contributed by atoms with Crippen LogP contribution in [0.3, 0.4) is 0 Å². The lowest BCUT2D eigenvalue weighted by Gasteiger charge is -2.22. The van der Waals surface area contributed by atoms with Gasteiger partial charge < -0.3 is 4.57 Å². The van der Waals surface area contributed by atoms with Crippen molar-refractivity contribution >= 4 is 10.9 Å². The number of nitrogens with zero attached hydrogens (tertiary/aromatic N) is 1. The fourth-order valence-electron chi connectivity index (χ4n) is 3.10. The van der Waals surface area contributed by atoms with Gasteiger partial charge in [-0.3, -0.25) is 0 Å². The lowest BCUT2D eigenvalue weighted by Crippen LogP contribution is -2.08. The van der Waals surface area contributed by atoms with Crippen LogP contribution in [-0.4, -0.2) is 4.57 Å². The molecule has 0 N–H and O–H groups in total. The number of aromatic nitrogens is 1. The summed E-state index contributed by atoms with van der Waals surface area (Å²) in [6, 6.07) is 11.1. The first-order valence-electron chi connectivity index (χ1n) is 6.40. The van der Waals surface area contributed by atoms with E-state index in [1.165, 1.54) is 43.0 Å². The van der Waals surface area contributed by atoms with Gasteiger partial charge in [0.2, 0.25) is 0 Å². The quantitative estimate of drug-likeness (QED) is 0.668. The van der Waals surface area contributed by atoms with Gasteiger partial charge >= 0.3 is 0 Å². The molecule has 1 aromatic carbocycles. The maximum atomic E-state index is 2.39. The summed E-state index contributed by atoms with van der Waals surface area (Å²) in [5.41, 5.74) is 2.92. The molecule has 2 aromatic rings.